The SMILES string of the molecule is FCCCN1CCC(Oc2ccc(C3=C(C4=CCNCC4)CCCc4cc(OF)ccc43)cc2)C1. The van der Waals surface area contributed by atoms with Gasteiger partial charge in [-0.3, -0.25) is 14.2 Å². The second kappa shape index (κ2) is 11.4. The first-order valence-corrected chi connectivity index (χ1v) is 12.9. The molecule has 1 fully saturated rings. The quantitative estimate of drug-likeness (QED) is 0.516. The van der Waals surface area contributed by atoms with E-state index in [1.54, 1.807) is 6.07 Å². The number of nitrogens with one attached hydrogen (secondary N) is 1. The molecule has 1 unspecified atom stereocenters. The molecular weight excluding hydrogens is 446 g/mol. The van der Waals surface area contributed by atoms with Gasteiger partial charge < -0.3 is 10.1 Å². The second-order valence-corrected chi connectivity index (χ2v) is 9.68. The number of fused-ring (bicyclic) bond motifs is 1. The van der Waals surface area contributed by atoms with E-state index >= 15 is 0 Å². The van der Waals surface area contributed by atoms with Crippen LogP contribution in [-0.2, 0) is 6.42 Å². The maximum Gasteiger partial charge on any atom is 0.172 e. The van der Waals surface area contributed by atoms with Gasteiger partial charge in [0.2, 0.25) is 0 Å². The molecule has 0 saturated carbocycles. The highest BCUT2D eigenvalue weighted by molar-refractivity contribution is 5.87. The van der Waals surface area contributed by atoms with E-state index in [1.165, 1.54) is 16.7 Å². The number of alkyl halides is 1. The molecule has 1 saturated heterocycles. The lowest BCUT2D eigenvalue weighted by molar-refractivity contribution is -0.00629. The van der Waals surface area contributed by atoms with Crippen molar-refractivity contribution in [1.29, 1.82) is 0 Å². The van der Waals surface area contributed by atoms with E-state index < -0.39 is 0 Å². The number of ether oxygens (including phenoxy) is 1. The lowest BCUT2D eigenvalue weighted by Gasteiger charge is -2.22. The van der Waals surface area contributed by atoms with Crippen molar-refractivity contribution in [2.24, 2.45) is 0 Å². The smallest absolute Gasteiger partial charge is 0.172 e. The van der Waals surface area contributed by atoms with Crippen molar-refractivity contribution in [3.8, 4) is 11.5 Å². The molecule has 2 aliphatic heterocycles. The number of nitrogens with zero attached hydrogens (tertiary/aromatic N) is 1. The van der Waals surface area contributed by atoms with Gasteiger partial charge in [0.1, 0.15) is 11.9 Å². The fourth-order valence-corrected chi connectivity index (χ4v) is 5.63. The number of allylic oxidation sites excluding steroid dienone is 1. The molecule has 3 aliphatic rings. The van der Waals surface area contributed by atoms with Crippen LogP contribution in [0.3, 0.4) is 0 Å². The molecule has 1 atom stereocenters. The van der Waals surface area contributed by atoms with E-state index in [9.17, 15) is 8.92 Å². The maximum atomic E-state index is 12.9. The van der Waals surface area contributed by atoms with E-state index in [-0.39, 0.29) is 18.5 Å². The van der Waals surface area contributed by atoms with E-state index in [4.69, 9.17) is 4.74 Å². The maximum absolute atomic E-state index is 12.9. The minimum Gasteiger partial charge on any atom is -0.489 e. The first-order chi connectivity index (χ1) is 17.2. The molecular formula is C29H34F2N2O2. The van der Waals surface area contributed by atoms with Crippen LogP contribution >= 0.6 is 0 Å². The normalized spacial score (nSPS) is 20.9. The number of halogens is 2. The topological polar surface area (TPSA) is 33.7 Å². The Kier molecular flexibility index (Phi) is 7.79. The molecule has 1 N–H and O–H groups in total. The Balaban J connectivity index is 1.43. The molecule has 5 rings (SSSR count). The summed E-state index contributed by atoms with van der Waals surface area (Å²) in [5.74, 6) is 1.12. The number of aryl methyl sites for hydroxylation is 1. The van der Waals surface area contributed by atoms with Crippen molar-refractivity contribution in [2.75, 3.05) is 39.4 Å². The van der Waals surface area contributed by atoms with Crippen molar-refractivity contribution in [2.45, 2.75) is 44.6 Å². The van der Waals surface area contributed by atoms with Gasteiger partial charge in [-0.25, -0.2) is 0 Å². The van der Waals surface area contributed by atoms with Gasteiger partial charge in [-0.05, 0) is 103 Å². The van der Waals surface area contributed by atoms with Gasteiger partial charge in [-0.2, -0.15) is 0 Å². The Morgan fingerprint density at radius 1 is 1.03 bits per heavy atom. The average Bonchev–Trinajstić information content (AvgIpc) is 3.26. The molecule has 0 radical (unpaired) electrons. The molecule has 0 aromatic heterocycles. The summed E-state index contributed by atoms with van der Waals surface area (Å²) in [7, 11) is 0. The van der Waals surface area contributed by atoms with Crippen LogP contribution < -0.4 is 15.0 Å². The van der Waals surface area contributed by atoms with Crippen LogP contribution in [0, 0.1) is 0 Å². The monoisotopic (exact) mass is 480 g/mol. The Hall–Kier alpha value is -2.70. The van der Waals surface area contributed by atoms with Crippen LogP contribution in [0.4, 0.5) is 8.92 Å². The summed E-state index contributed by atoms with van der Waals surface area (Å²) in [6.45, 7) is 4.23. The summed E-state index contributed by atoms with van der Waals surface area (Å²) >= 11 is 0. The number of hydrogen-bond donors (Lipinski definition) is 1. The molecule has 4 nitrogen and oxygen atoms in total. The highest BCUT2D eigenvalue weighted by atomic mass is 19.3. The fourth-order valence-electron chi connectivity index (χ4n) is 5.63. The van der Waals surface area contributed by atoms with Crippen molar-refractivity contribution in [3.63, 3.8) is 0 Å². The number of benzene rings is 2. The van der Waals surface area contributed by atoms with Crippen molar-refractivity contribution in [3.05, 3.63) is 76.4 Å². The lowest BCUT2D eigenvalue weighted by Crippen LogP contribution is -2.26. The van der Waals surface area contributed by atoms with Crippen molar-refractivity contribution >= 4 is 5.57 Å². The summed E-state index contributed by atoms with van der Waals surface area (Å²) in [6, 6.07) is 14.0. The van der Waals surface area contributed by atoms with E-state index in [1.807, 2.05) is 12.1 Å². The molecule has 6 heteroatoms. The Morgan fingerprint density at radius 3 is 2.66 bits per heavy atom. The Labute approximate surface area is 206 Å². The minimum atomic E-state index is -0.264. The molecule has 186 valence electrons. The van der Waals surface area contributed by atoms with Crippen LogP contribution in [0.5, 0.6) is 11.5 Å². The van der Waals surface area contributed by atoms with E-state index in [0.29, 0.717) is 6.42 Å². The fraction of sp³-hybridized carbons (Fsp3) is 0.448. The van der Waals surface area contributed by atoms with Crippen LogP contribution in [-0.4, -0.2) is 50.4 Å². The van der Waals surface area contributed by atoms with Gasteiger partial charge in [0.05, 0.1) is 6.67 Å². The predicted octanol–water partition coefficient (Wildman–Crippen LogP) is 5.82. The Bertz CT molecular complexity index is 1080. The first kappa shape index (κ1) is 24.0. The standard InChI is InChI=1S/C29H34F2N2O2/c30-14-2-17-33-18-13-26(20-33)34-24-7-5-22(6-8-24)29-27(21-11-15-32-16-12-21)4-1-3-23-19-25(35-31)9-10-28(23)29/h5-11,19,26,32H,1-4,12-18,20H2. The zero-order valence-corrected chi connectivity index (χ0v) is 20.2. The zero-order valence-electron chi connectivity index (χ0n) is 20.2. The summed E-state index contributed by atoms with van der Waals surface area (Å²) < 4.78 is 31.7. The van der Waals surface area contributed by atoms with Crippen LogP contribution in [0.1, 0.15) is 48.8 Å². The molecule has 0 spiro atoms. The summed E-state index contributed by atoms with van der Waals surface area (Å²) in [6.07, 6.45) is 7.95. The zero-order chi connectivity index (χ0) is 24.0. The van der Waals surface area contributed by atoms with Crippen molar-refractivity contribution in [1.82, 2.24) is 10.2 Å². The van der Waals surface area contributed by atoms with Crippen LogP contribution in [0.2, 0.25) is 0 Å². The van der Waals surface area contributed by atoms with Gasteiger partial charge >= 0.3 is 0 Å². The number of hydrogen-bond acceptors (Lipinski definition) is 4. The van der Waals surface area contributed by atoms with Gasteiger partial charge in [0.25, 0.3) is 0 Å². The average molecular weight is 481 g/mol. The van der Waals surface area contributed by atoms with Gasteiger partial charge in [-0.1, -0.05) is 24.3 Å². The van der Waals surface area contributed by atoms with Crippen LogP contribution in [0.15, 0.2) is 59.7 Å². The van der Waals surface area contributed by atoms with E-state index in [0.717, 1.165) is 87.3 Å². The molecule has 1 aliphatic carbocycles. The predicted molar refractivity (Wildman–Crippen MR) is 135 cm³/mol. The number of rotatable bonds is 8. The highest BCUT2D eigenvalue weighted by Gasteiger charge is 2.25. The molecule has 0 bridgehead atoms. The van der Waals surface area contributed by atoms with Crippen molar-refractivity contribution < 1.29 is 18.6 Å². The summed E-state index contributed by atoms with van der Waals surface area (Å²) in [5.41, 5.74) is 7.48. The van der Waals surface area contributed by atoms with Gasteiger partial charge in [0, 0.05) is 30.7 Å². The van der Waals surface area contributed by atoms with E-state index in [2.05, 4.69) is 45.5 Å². The Morgan fingerprint density at radius 2 is 1.89 bits per heavy atom. The van der Waals surface area contributed by atoms with Gasteiger partial charge in [0.15, 0.2) is 5.75 Å². The molecule has 2 heterocycles. The lowest BCUT2D eigenvalue weighted by atomic mass is 9.86. The third-order valence-corrected chi connectivity index (χ3v) is 7.34. The molecule has 35 heavy (non-hydrogen) atoms. The molecule has 2 aromatic carbocycles. The summed E-state index contributed by atoms with van der Waals surface area (Å²) in [5, 5.41) is 3.42. The highest BCUT2D eigenvalue weighted by Crippen LogP contribution is 2.40. The third-order valence-electron chi connectivity index (χ3n) is 7.34. The molecule has 0 amide bonds. The number of likely N-dealkylation sites (tertiary alicyclic amines) is 1. The second-order valence-electron chi connectivity index (χ2n) is 9.68. The molecule has 2 aromatic rings. The largest absolute Gasteiger partial charge is 0.489 e. The van der Waals surface area contributed by atoms with Gasteiger partial charge in [-0.15, -0.1) is 0 Å². The first-order valence-electron chi connectivity index (χ1n) is 12.9. The minimum absolute atomic E-state index is 0.146. The summed E-state index contributed by atoms with van der Waals surface area (Å²) in [4.78, 5) is 6.32. The third kappa shape index (κ3) is 5.60. The van der Waals surface area contributed by atoms with Crippen LogP contribution in [0.25, 0.3) is 5.57 Å².